The number of aromatic nitrogens is 3. The third kappa shape index (κ3) is 3.82. The molecule has 3 rings (SSSR count). The molecule has 0 aliphatic carbocycles. The zero-order valence-corrected chi connectivity index (χ0v) is 12.2. The van der Waals surface area contributed by atoms with Crippen LogP contribution in [0.3, 0.4) is 0 Å². The van der Waals surface area contributed by atoms with Crippen LogP contribution in [0.25, 0.3) is 11.4 Å². The highest BCUT2D eigenvalue weighted by Gasteiger charge is 2.16. The Morgan fingerprint density at radius 2 is 2.18 bits per heavy atom. The molecule has 7 heteroatoms. The molecule has 0 spiro atoms. The molecule has 1 aliphatic rings. The van der Waals surface area contributed by atoms with E-state index in [4.69, 9.17) is 4.74 Å². The molecule has 0 bridgehead atoms. The smallest absolute Gasteiger partial charge is 0.315 e. The van der Waals surface area contributed by atoms with E-state index in [1.807, 2.05) is 30.3 Å². The number of rotatable bonds is 5. The fourth-order valence-electron chi connectivity index (χ4n) is 2.33. The number of hydrogen-bond donors (Lipinski definition) is 3. The largest absolute Gasteiger partial charge is 0.376 e. The van der Waals surface area contributed by atoms with Crippen molar-refractivity contribution in [3.05, 3.63) is 36.2 Å². The number of urea groups is 1. The Balaban J connectivity index is 1.45. The molecule has 1 aliphatic heterocycles. The van der Waals surface area contributed by atoms with Gasteiger partial charge in [0.05, 0.1) is 12.6 Å². The number of benzene rings is 1. The van der Waals surface area contributed by atoms with Crippen molar-refractivity contribution in [1.29, 1.82) is 0 Å². The van der Waals surface area contributed by atoms with Gasteiger partial charge in [-0.25, -0.2) is 9.78 Å². The lowest BCUT2D eigenvalue weighted by molar-refractivity contribution is 0.111. The molecule has 2 heterocycles. The van der Waals surface area contributed by atoms with Crippen molar-refractivity contribution in [2.75, 3.05) is 13.2 Å². The van der Waals surface area contributed by atoms with Gasteiger partial charge in [0.15, 0.2) is 5.82 Å². The van der Waals surface area contributed by atoms with Crippen molar-refractivity contribution in [3.8, 4) is 11.4 Å². The molecule has 3 N–H and O–H groups in total. The molecule has 0 radical (unpaired) electrons. The summed E-state index contributed by atoms with van der Waals surface area (Å²) in [6.07, 6.45) is 2.21. The lowest BCUT2D eigenvalue weighted by Crippen LogP contribution is -2.39. The van der Waals surface area contributed by atoms with Crippen LogP contribution in [0.15, 0.2) is 30.3 Å². The van der Waals surface area contributed by atoms with Crippen molar-refractivity contribution in [2.24, 2.45) is 0 Å². The predicted octanol–water partition coefficient (Wildman–Crippen LogP) is 1.45. The Labute approximate surface area is 128 Å². The minimum atomic E-state index is -0.229. The fourth-order valence-corrected chi connectivity index (χ4v) is 2.33. The molecular weight excluding hydrogens is 282 g/mol. The van der Waals surface area contributed by atoms with Crippen LogP contribution in [0.2, 0.25) is 0 Å². The Morgan fingerprint density at radius 1 is 1.32 bits per heavy atom. The van der Waals surface area contributed by atoms with Crippen LogP contribution >= 0.6 is 0 Å². The van der Waals surface area contributed by atoms with Gasteiger partial charge in [0.2, 0.25) is 0 Å². The summed E-state index contributed by atoms with van der Waals surface area (Å²) >= 11 is 0. The van der Waals surface area contributed by atoms with Gasteiger partial charge in [0, 0.05) is 18.7 Å². The molecule has 2 amide bonds. The summed E-state index contributed by atoms with van der Waals surface area (Å²) < 4.78 is 5.45. The fraction of sp³-hybridized carbons (Fsp3) is 0.400. The summed E-state index contributed by atoms with van der Waals surface area (Å²) in [7, 11) is 0. The summed E-state index contributed by atoms with van der Waals surface area (Å²) in [6, 6.07) is 9.46. The second kappa shape index (κ2) is 7.04. The molecule has 1 fully saturated rings. The van der Waals surface area contributed by atoms with E-state index in [0.29, 0.717) is 24.7 Å². The number of nitrogens with one attached hydrogen (secondary N) is 3. The van der Waals surface area contributed by atoms with E-state index >= 15 is 0 Å². The van der Waals surface area contributed by atoms with E-state index in [2.05, 4.69) is 25.8 Å². The quantitative estimate of drug-likeness (QED) is 0.779. The first-order valence-corrected chi connectivity index (χ1v) is 7.41. The van der Waals surface area contributed by atoms with Gasteiger partial charge in [0.25, 0.3) is 0 Å². The molecule has 22 heavy (non-hydrogen) atoms. The van der Waals surface area contributed by atoms with Gasteiger partial charge in [-0.2, -0.15) is 5.10 Å². The normalized spacial score (nSPS) is 17.4. The van der Waals surface area contributed by atoms with Crippen molar-refractivity contribution < 1.29 is 9.53 Å². The maximum Gasteiger partial charge on any atom is 0.315 e. The van der Waals surface area contributed by atoms with Crippen molar-refractivity contribution in [1.82, 2.24) is 25.8 Å². The third-order valence-electron chi connectivity index (χ3n) is 3.49. The first-order chi connectivity index (χ1) is 10.8. The topological polar surface area (TPSA) is 91.9 Å². The third-order valence-corrected chi connectivity index (χ3v) is 3.49. The number of H-pyrrole nitrogens is 1. The lowest BCUT2D eigenvalue weighted by atomic mass is 10.2. The Hall–Kier alpha value is -2.41. The van der Waals surface area contributed by atoms with E-state index in [1.54, 1.807) is 0 Å². The zero-order chi connectivity index (χ0) is 15.2. The maximum absolute atomic E-state index is 11.7. The Morgan fingerprint density at radius 3 is 2.95 bits per heavy atom. The number of hydrogen-bond acceptors (Lipinski definition) is 4. The van der Waals surface area contributed by atoms with Crippen LogP contribution in [0.5, 0.6) is 0 Å². The minimum absolute atomic E-state index is 0.140. The van der Waals surface area contributed by atoms with Crippen molar-refractivity contribution >= 4 is 6.03 Å². The predicted molar refractivity (Wildman–Crippen MR) is 81.0 cm³/mol. The summed E-state index contributed by atoms with van der Waals surface area (Å²) in [4.78, 5) is 16.1. The summed E-state index contributed by atoms with van der Waals surface area (Å²) in [5.41, 5.74) is 0.938. The van der Waals surface area contributed by atoms with E-state index in [1.165, 1.54) is 0 Å². The van der Waals surface area contributed by atoms with Gasteiger partial charge >= 0.3 is 6.03 Å². The number of amides is 2. The molecule has 7 nitrogen and oxygen atoms in total. The number of nitrogens with zero attached hydrogens (tertiary/aromatic N) is 2. The SMILES string of the molecule is O=C(NCc1nc(-c2ccccc2)n[nH]1)NC[C@@H]1CCCO1. The highest BCUT2D eigenvalue weighted by atomic mass is 16.5. The van der Waals surface area contributed by atoms with Gasteiger partial charge in [-0.3, -0.25) is 5.10 Å². The maximum atomic E-state index is 11.7. The summed E-state index contributed by atoms with van der Waals surface area (Å²) in [5.74, 6) is 1.24. The molecule has 1 saturated heterocycles. The zero-order valence-electron chi connectivity index (χ0n) is 12.2. The van der Waals surface area contributed by atoms with Crippen LogP contribution < -0.4 is 10.6 Å². The number of ether oxygens (including phenoxy) is 1. The number of carbonyl (C=O) groups is 1. The van der Waals surface area contributed by atoms with Gasteiger partial charge in [-0.15, -0.1) is 0 Å². The van der Waals surface area contributed by atoms with E-state index in [0.717, 1.165) is 25.0 Å². The van der Waals surface area contributed by atoms with Gasteiger partial charge in [0.1, 0.15) is 5.82 Å². The minimum Gasteiger partial charge on any atom is -0.376 e. The Kier molecular flexibility index (Phi) is 4.65. The molecule has 116 valence electrons. The van der Waals surface area contributed by atoms with Crippen LogP contribution in [0, 0.1) is 0 Å². The van der Waals surface area contributed by atoms with Crippen LogP contribution in [-0.2, 0) is 11.3 Å². The monoisotopic (exact) mass is 301 g/mol. The number of aromatic amines is 1. The highest BCUT2D eigenvalue weighted by Crippen LogP contribution is 2.13. The van der Waals surface area contributed by atoms with Gasteiger partial charge in [-0.05, 0) is 12.8 Å². The second-order valence-corrected chi connectivity index (χ2v) is 5.17. The molecule has 0 saturated carbocycles. The van der Waals surface area contributed by atoms with Crippen LogP contribution in [-0.4, -0.2) is 40.5 Å². The average Bonchev–Trinajstić information content (AvgIpc) is 3.23. The Bertz CT molecular complexity index is 607. The number of carbonyl (C=O) groups excluding carboxylic acids is 1. The van der Waals surface area contributed by atoms with Crippen LogP contribution in [0.1, 0.15) is 18.7 Å². The lowest BCUT2D eigenvalue weighted by Gasteiger charge is -2.10. The molecule has 1 aromatic carbocycles. The first-order valence-electron chi connectivity index (χ1n) is 7.41. The van der Waals surface area contributed by atoms with E-state index < -0.39 is 0 Å². The first kappa shape index (κ1) is 14.5. The second-order valence-electron chi connectivity index (χ2n) is 5.17. The molecule has 1 aromatic heterocycles. The molecule has 1 atom stereocenters. The summed E-state index contributed by atoms with van der Waals surface area (Å²) in [6.45, 7) is 1.63. The van der Waals surface area contributed by atoms with Crippen LogP contribution in [0.4, 0.5) is 4.79 Å². The molecule has 0 unspecified atom stereocenters. The van der Waals surface area contributed by atoms with Gasteiger partial charge in [-0.1, -0.05) is 30.3 Å². The van der Waals surface area contributed by atoms with Crippen molar-refractivity contribution in [2.45, 2.75) is 25.5 Å². The van der Waals surface area contributed by atoms with E-state index in [9.17, 15) is 4.79 Å². The molecular formula is C15H19N5O2. The van der Waals surface area contributed by atoms with E-state index in [-0.39, 0.29) is 12.1 Å². The standard InChI is InChI=1S/C15H19N5O2/c21-15(16-9-12-7-4-8-22-12)17-10-13-18-14(20-19-13)11-5-2-1-3-6-11/h1-3,5-6,12H,4,7-10H2,(H2,16,17,21)(H,18,19,20)/t12-/m0/s1. The molecule has 2 aromatic rings. The average molecular weight is 301 g/mol. The summed E-state index contributed by atoms with van der Waals surface area (Å²) in [5, 5.41) is 12.5. The van der Waals surface area contributed by atoms with Gasteiger partial charge < -0.3 is 15.4 Å². The van der Waals surface area contributed by atoms with Crippen molar-refractivity contribution in [3.63, 3.8) is 0 Å². The highest BCUT2D eigenvalue weighted by molar-refractivity contribution is 5.73.